The molecule has 0 atom stereocenters. The van der Waals surface area contributed by atoms with Crippen LogP contribution in [0.5, 0.6) is 5.75 Å². The largest absolute Gasteiger partial charge is 0.494 e. The second-order valence-corrected chi connectivity index (χ2v) is 6.14. The lowest BCUT2D eigenvalue weighted by molar-refractivity contribution is 0.336. The molecule has 0 aliphatic rings. The molecule has 0 saturated carbocycles. The Morgan fingerprint density at radius 3 is 2.61 bits per heavy atom. The molecule has 2 N–H and O–H groups in total. The third-order valence-corrected chi connectivity index (χ3v) is 4.08. The predicted octanol–water partition coefficient (Wildman–Crippen LogP) is 4.00. The second kappa shape index (κ2) is 10.2. The number of benzene rings is 2. The highest BCUT2D eigenvalue weighted by Gasteiger charge is 2.08. The summed E-state index contributed by atoms with van der Waals surface area (Å²) in [7, 11) is 0. The quantitative estimate of drug-likeness (QED) is 0.458. The van der Waals surface area contributed by atoms with Gasteiger partial charge in [-0.1, -0.05) is 53.7 Å². The van der Waals surface area contributed by atoms with E-state index in [0.717, 1.165) is 40.8 Å². The van der Waals surface area contributed by atoms with Gasteiger partial charge < -0.3 is 19.9 Å². The molecule has 1 aromatic heterocycles. The topological polar surface area (TPSA) is 71.7 Å². The van der Waals surface area contributed by atoms with Gasteiger partial charge in [0.1, 0.15) is 11.4 Å². The number of aromatic nitrogens is 1. The van der Waals surface area contributed by atoms with E-state index in [1.807, 2.05) is 74.5 Å². The van der Waals surface area contributed by atoms with Gasteiger partial charge in [-0.2, -0.15) is 0 Å². The Morgan fingerprint density at radius 2 is 1.82 bits per heavy atom. The molecule has 28 heavy (non-hydrogen) atoms. The number of nitrogens with zero attached hydrogens (tertiary/aromatic N) is 2. The van der Waals surface area contributed by atoms with Gasteiger partial charge in [0.05, 0.1) is 19.7 Å². The van der Waals surface area contributed by atoms with Crippen LogP contribution in [-0.2, 0) is 13.1 Å². The predicted molar refractivity (Wildman–Crippen MR) is 111 cm³/mol. The Bertz CT molecular complexity index is 890. The molecule has 146 valence electrons. The minimum absolute atomic E-state index is 0.523. The van der Waals surface area contributed by atoms with Crippen LogP contribution in [0.4, 0.5) is 0 Å². The van der Waals surface area contributed by atoms with Crippen molar-refractivity contribution in [2.75, 3.05) is 13.2 Å². The minimum Gasteiger partial charge on any atom is -0.494 e. The van der Waals surface area contributed by atoms with Gasteiger partial charge >= 0.3 is 0 Å². The highest BCUT2D eigenvalue weighted by Crippen LogP contribution is 2.20. The van der Waals surface area contributed by atoms with E-state index in [1.165, 1.54) is 0 Å². The third kappa shape index (κ3) is 5.36. The van der Waals surface area contributed by atoms with Crippen LogP contribution < -0.4 is 15.4 Å². The summed E-state index contributed by atoms with van der Waals surface area (Å²) in [5.41, 5.74) is 2.88. The van der Waals surface area contributed by atoms with E-state index in [1.54, 1.807) is 0 Å². The number of guanidine groups is 1. The van der Waals surface area contributed by atoms with E-state index >= 15 is 0 Å². The molecule has 0 spiro atoms. The molecule has 6 nitrogen and oxygen atoms in total. The first-order valence-electron chi connectivity index (χ1n) is 9.54. The minimum atomic E-state index is 0.523. The molecule has 2 aromatic carbocycles. The number of para-hydroxylation sites is 1. The summed E-state index contributed by atoms with van der Waals surface area (Å²) in [6.07, 6.45) is 0. The van der Waals surface area contributed by atoms with Crippen molar-refractivity contribution in [1.82, 2.24) is 15.8 Å². The van der Waals surface area contributed by atoms with Crippen molar-refractivity contribution in [3.8, 4) is 17.1 Å². The Morgan fingerprint density at radius 1 is 1.04 bits per heavy atom. The number of hydrogen-bond donors (Lipinski definition) is 2. The second-order valence-electron chi connectivity index (χ2n) is 6.14. The van der Waals surface area contributed by atoms with Gasteiger partial charge in [0.2, 0.25) is 0 Å². The van der Waals surface area contributed by atoms with Gasteiger partial charge in [0.25, 0.3) is 0 Å². The fourth-order valence-electron chi connectivity index (χ4n) is 2.74. The fourth-order valence-corrected chi connectivity index (χ4v) is 2.74. The Balaban J connectivity index is 1.64. The van der Waals surface area contributed by atoms with Crippen molar-refractivity contribution < 1.29 is 9.26 Å². The Hall–Kier alpha value is -3.28. The molecule has 0 fully saturated rings. The first-order valence-corrected chi connectivity index (χ1v) is 9.54. The fraction of sp³-hybridized carbons (Fsp3) is 0.273. The van der Waals surface area contributed by atoms with Gasteiger partial charge in [0, 0.05) is 23.7 Å². The molecule has 0 radical (unpaired) electrons. The molecule has 3 rings (SSSR count). The molecule has 0 amide bonds. The van der Waals surface area contributed by atoms with Crippen molar-refractivity contribution >= 4 is 5.96 Å². The van der Waals surface area contributed by atoms with E-state index in [9.17, 15) is 0 Å². The Labute approximate surface area is 165 Å². The summed E-state index contributed by atoms with van der Waals surface area (Å²) < 4.78 is 11.1. The monoisotopic (exact) mass is 378 g/mol. The Kier molecular flexibility index (Phi) is 7.07. The van der Waals surface area contributed by atoms with Crippen molar-refractivity contribution in [3.63, 3.8) is 0 Å². The number of hydrogen-bond acceptors (Lipinski definition) is 4. The number of ether oxygens (including phenoxy) is 1. The van der Waals surface area contributed by atoms with Crippen LogP contribution in [0.15, 0.2) is 70.2 Å². The van der Waals surface area contributed by atoms with Crippen LogP contribution >= 0.6 is 0 Å². The van der Waals surface area contributed by atoms with Gasteiger partial charge in [0.15, 0.2) is 11.7 Å². The van der Waals surface area contributed by atoms with E-state index in [0.29, 0.717) is 19.7 Å². The number of aliphatic imine (C=N–C) groups is 1. The zero-order valence-electron chi connectivity index (χ0n) is 16.3. The van der Waals surface area contributed by atoms with Crippen molar-refractivity contribution in [2.45, 2.75) is 26.9 Å². The zero-order valence-corrected chi connectivity index (χ0v) is 16.3. The van der Waals surface area contributed by atoms with Crippen LogP contribution in [0.3, 0.4) is 0 Å². The number of nitrogens with one attached hydrogen (secondary N) is 2. The smallest absolute Gasteiger partial charge is 0.191 e. The first kappa shape index (κ1) is 19.5. The summed E-state index contributed by atoms with van der Waals surface area (Å²) in [5.74, 6) is 2.34. The van der Waals surface area contributed by atoms with Crippen LogP contribution in [0.25, 0.3) is 11.3 Å². The lowest BCUT2D eigenvalue weighted by Crippen LogP contribution is -2.36. The summed E-state index contributed by atoms with van der Waals surface area (Å²) in [6.45, 7) is 6.47. The molecule has 0 saturated heterocycles. The molecule has 1 heterocycles. The summed E-state index contributed by atoms with van der Waals surface area (Å²) in [5, 5.41) is 10.7. The highest BCUT2D eigenvalue weighted by atomic mass is 16.5. The molecule has 0 unspecified atom stereocenters. The molecule has 6 heteroatoms. The summed E-state index contributed by atoms with van der Waals surface area (Å²) in [6, 6.07) is 19.8. The maximum absolute atomic E-state index is 5.67. The maximum Gasteiger partial charge on any atom is 0.191 e. The standard InChI is InChI=1S/C22H26N4O2/c1-3-23-22(24-15-18-12-8-9-13-20(18)27-4-2)25-16-19-14-21(28-26-19)17-10-6-5-7-11-17/h5-14H,3-4,15-16H2,1-2H3,(H2,23,24,25). The zero-order chi connectivity index (χ0) is 19.6. The van der Waals surface area contributed by atoms with Crippen LogP contribution in [0.2, 0.25) is 0 Å². The lowest BCUT2D eigenvalue weighted by Gasteiger charge is -2.11. The molecule has 0 aliphatic carbocycles. The average Bonchev–Trinajstić information content (AvgIpc) is 3.21. The van der Waals surface area contributed by atoms with E-state index in [2.05, 4.69) is 20.8 Å². The van der Waals surface area contributed by atoms with Crippen LogP contribution in [-0.4, -0.2) is 24.3 Å². The molecular formula is C22H26N4O2. The lowest BCUT2D eigenvalue weighted by atomic mass is 10.2. The summed E-state index contributed by atoms with van der Waals surface area (Å²) >= 11 is 0. The van der Waals surface area contributed by atoms with Crippen LogP contribution in [0.1, 0.15) is 25.1 Å². The van der Waals surface area contributed by atoms with Gasteiger partial charge in [-0.25, -0.2) is 4.99 Å². The van der Waals surface area contributed by atoms with Crippen molar-refractivity contribution in [1.29, 1.82) is 0 Å². The molecular weight excluding hydrogens is 352 g/mol. The SMILES string of the molecule is CCNC(=NCc1ccccc1OCC)NCc1cc(-c2ccccc2)on1. The van der Waals surface area contributed by atoms with Gasteiger partial charge in [-0.15, -0.1) is 0 Å². The first-order chi connectivity index (χ1) is 13.8. The average molecular weight is 378 g/mol. The molecule has 3 aromatic rings. The van der Waals surface area contributed by atoms with Gasteiger partial charge in [-0.05, 0) is 19.9 Å². The van der Waals surface area contributed by atoms with Gasteiger partial charge in [-0.3, -0.25) is 0 Å². The van der Waals surface area contributed by atoms with Crippen molar-refractivity contribution in [3.05, 3.63) is 71.9 Å². The third-order valence-electron chi connectivity index (χ3n) is 4.08. The maximum atomic E-state index is 5.67. The van der Waals surface area contributed by atoms with E-state index in [4.69, 9.17) is 9.26 Å². The van der Waals surface area contributed by atoms with E-state index in [-0.39, 0.29) is 0 Å². The normalized spacial score (nSPS) is 11.3. The highest BCUT2D eigenvalue weighted by molar-refractivity contribution is 5.79. The van der Waals surface area contributed by atoms with E-state index < -0.39 is 0 Å². The molecule has 0 bridgehead atoms. The molecule has 0 aliphatic heterocycles. The summed E-state index contributed by atoms with van der Waals surface area (Å²) in [4.78, 5) is 4.66. The number of rotatable bonds is 8. The van der Waals surface area contributed by atoms with Crippen LogP contribution in [0, 0.1) is 0 Å². The van der Waals surface area contributed by atoms with Crippen molar-refractivity contribution in [2.24, 2.45) is 4.99 Å².